The van der Waals surface area contributed by atoms with E-state index in [0.29, 0.717) is 6.54 Å². The van der Waals surface area contributed by atoms with Crippen LogP contribution in [0.2, 0.25) is 0 Å². The molecule has 0 bridgehead atoms. The molecule has 0 amide bonds. The van der Waals surface area contributed by atoms with Crippen molar-refractivity contribution in [1.29, 1.82) is 0 Å². The van der Waals surface area contributed by atoms with Crippen LogP contribution in [0, 0.1) is 15.9 Å². The summed E-state index contributed by atoms with van der Waals surface area (Å²) in [4.78, 5) is 10.1. The van der Waals surface area contributed by atoms with Crippen molar-refractivity contribution >= 4 is 11.4 Å². The van der Waals surface area contributed by atoms with Gasteiger partial charge in [-0.2, -0.15) is 5.10 Å². The summed E-state index contributed by atoms with van der Waals surface area (Å²) >= 11 is 0. The van der Waals surface area contributed by atoms with Gasteiger partial charge >= 0.3 is 0 Å². The van der Waals surface area contributed by atoms with Gasteiger partial charge in [0.2, 0.25) is 0 Å². The van der Waals surface area contributed by atoms with Crippen molar-refractivity contribution in [2.24, 2.45) is 7.05 Å². The minimum Gasteiger partial charge on any atom is -0.374 e. The van der Waals surface area contributed by atoms with Gasteiger partial charge in [0.05, 0.1) is 23.2 Å². The molecule has 2 aromatic rings. The van der Waals surface area contributed by atoms with Gasteiger partial charge < -0.3 is 5.32 Å². The van der Waals surface area contributed by atoms with E-state index < -0.39 is 10.7 Å². The Morgan fingerprint density at radius 2 is 2.28 bits per heavy atom. The third-order valence-corrected chi connectivity index (χ3v) is 2.39. The molecule has 0 fully saturated rings. The molecular weight excluding hydrogens is 239 g/mol. The average molecular weight is 250 g/mol. The number of nitro benzene ring substituents is 1. The monoisotopic (exact) mass is 250 g/mol. The predicted molar refractivity (Wildman–Crippen MR) is 63.6 cm³/mol. The number of anilines is 1. The Labute approximate surface area is 102 Å². The van der Waals surface area contributed by atoms with Gasteiger partial charge in [0.1, 0.15) is 11.5 Å². The predicted octanol–water partition coefficient (Wildman–Crippen LogP) is 2.08. The molecule has 0 radical (unpaired) electrons. The standard InChI is InChI=1S/C11H11FN4O2/c1-15-5-4-9(14-15)7-13-10-3-2-8(12)6-11(10)16(17)18/h2-6,13H,7H2,1H3. The number of nitrogens with one attached hydrogen (secondary N) is 1. The summed E-state index contributed by atoms with van der Waals surface area (Å²) in [5.41, 5.74) is 0.731. The Hall–Kier alpha value is -2.44. The van der Waals surface area contributed by atoms with Crippen molar-refractivity contribution in [1.82, 2.24) is 9.78 Å². The number of hydrogen-bond donors (Lipinski definition) is 1. The largest absolute Gasteiger partial charge is 0.374 e. The zero-order valence-electron chi connectivity index (χ0n) is 9.63. The van der Waals surface area contributed by atoms with Gasteiger partial charge in [0.15, 0.2) is 0 Å². The molecule has 0 aliphatic carbocycles. The summed E-state index contributed by atoms with van der Waals surface area (Å²) < 4.78 is 14.6. The second-order valence-corrected chi connectivity index (χ2v) is 3.75. The number of rotatable bonds is 4. The number of aryl methyl sites for hydroxylation is 1. The number of aromatic nitrogens is 2. The first-order valence-electron chi connectivity index (χ1n) is 5.22. The zero-order valence-corrected chi connectivity index (χ0v) is 9.63. The van der Waals surface area contributed by atoms with Crippen LogP contribution in [-0.4, -0.2) is 14.7 Å². The van der Waals surface area contributed by atoms with Crippen LogP contribution in [-0.2, 0) is 13.6 Å². The number of benzene rings is 1. The van der Waals surface area contributed by atoms with Crippen molar-refractivity contribution in [3.05, 3.63) is 52.1 Å². The minimum absolute atomic E-state index is 0.270. The fourth-order valence-corrected chi connectivity index (χ4v) is 1.55. The number of hydrogen-bond acceptors (Lipinski definition) is 4. The second-order valence-electron chi connectivity index (χ2n) is 3.75. The Bertz CT molecular complexity index is 582. The van der Waals surface area contributed by atoms with Gasteiger partial charge in [0.25, 0.3) is 5.69 Å². The maximum Gasteiger partial charge on any atom is 0.295 e. The van der Waals surface area contributed by atoms with Gasteiger partial charge in [-0.15, -0.1) is 0 Å². The van der Waals surface area contributed by atoms with Crippen LogP contribution >= 0.6 is 0 Å². The molecule has 1 aromatic heterocycles. The van der Waals surface area contributed by atoms with E-state index in [-0.39, 0.29) is 11.4 Å². The van der Waals surface area contributed by atoms with E-state index in [1.54, 1.807) is 24.0 Å². The lowest BCUT2D eigenvalue weighted by Gasteiger charge is -2.05. The molecule has 2 rings (SSSR count). The maximum absolute atomic E-state index is 12.9. The van der Waals surface area contributed by atoms with E-state index in [9.17, 15) is 14.5 Å². The fourth-order valence-electron chi connectivity index (χ4n) is 1.55. The van der Waals surface area contributed by atoms with Crippen LogP contribution in [0.15, 0.2) is 30.5 Å². The molecule has 1 heterocycles. The number of nitrogens with zero attached hydrogens (tertiary/aromatic N) is 3. The number of halogens is 1. The molecule has 94 valence electrons. The van der Waals surface area contributed by atoms with Gasteiger partial charge in [-0.05, 0) is 18.2 Å². The summed E-state index contributed by atoms with van der Waals surface area (Å²) in [6.07, 6.45) is 1.77. The highest BCUT2D eigenvalue weighted by Crippen LogP contribution is 2.25. The molecule has 7 heteroatoms. The zero-order chi connectivity index (χ0) is 13.1. The molecular formula is C11H11FN4O2. The Balaban J connectivity index is 2.16. The summed E-state index contributed by atoms with van der Waals surface area (Å²) in [5, 5.41) is 17.8. The summed E-state index contributed by atoms with van der Waals surface area (Å²) in [7, 11) is 1.78. The van der Waals surface area contributed by atoms with Gasteiger partial charge in [-0.3, -0.25) is 14.8 Å². The Morgan fingerprint density at radius 1 is 1.50 bits per heavy atom. The van der Waals surface area contributed by atoms with Gasteiger partial charge in [0, 0.05) is 13.2 Å². The summed E-state index contributed by atoms with van der Waals surface area (Å²) in [6, 6.07) is 5.20. The van der Waals surface area contributed by atoms with Crippen LogP contribution in [0.5, 0.6) is 0 Å². The third-order valence-electron chi connectivity index (χ3n) is 2.39. The fraction of sp³-hybridized carbons (Fsp3) is 0.182. The maximum atomic E-state index is 12.9. The molecule has 0 aliphatic heterocycles. The molecule has 18 heavy (non-hydrogen) atoms. The highest BCUT2D eigenvalue weighted by atomic mass is 19.1. The smallest absolute Gasteiger partial charge is 0.295 e. The van der Waals surface area contributed by atoms with Crippen LogP contribution in [0.3, 0.4) is 0 Å². The lowest BCUT2D eigenvalue weighted by Crippen LogP contribution is -2.04. The molecule has 6 nitrogen and oxygen atoms in total. The lowest BCUT2D eigenvalue weighted by molar-refractivity contribution is -0.384. The Kier molecular flexibility index (Phi) is 3.22. The van der Waals surface area contributed by atoms with E-state index in [4.69, 9.17) is 0 Å². The minimum atomic E-state index is -0.634. The molecule has 1 N–H and O–H groups in total. The molecule has 0 unspecified atom stereocenters. The molecule has 0 saturated heterocycles. The molecule has 0 spiro atoms. The Morgan fingerprint density at radius 3 is 2.89 bits per heavy atom. The quantitative estimate of drug-likeness (QED) is 0.666. The molecule has 0 aliphatic rings. The van der Waals surface area contributed by atoms with Crippen molar-refractivity contribution in [3.8, 4) is 0 Å². The SMILES string of the molecule is Cn1ccc(CNc2ccc(F)cc2[N+](=O)[O-])n1. The van der Waals surface area contributed by atoms with Gasteiger partial charge in [-0.25, -0.2) is 4.39 Å². The molecule has 1 aromatic carbocycles. The van der Waals surface area contributed by atoms with Crippen LogP contribution < -0.4 is 5.32 Å². The van der Waals surface area contributed by atoms with E-state index in [1.807, 2.05) is 0 Å². The second kappa shape index (κ2) is 4.82. The van der Waals surface area contributed by atoms with E-state index in [0.717, 1.165) is 11.8 Å². The van der Waals surface area contributed by atoms with E-state index >= 15 is 0 Å². The summed E-state index contributed by atoms with van der Waals surface area (Å²) in [6.45, 7) is 0.341. The summed E-state index contributed by atoms with van der Waals surface area (Å²) in [5.74, 6) is -0.634. The highest BCUT2D eigenvalue weighted by Gasteiger charge is 2.14. The third kappa shape index (κ3) is 2.62. The normalized spacial score (nSPS) is 10.3. The van der Waals surface area contributed by atoms with Crippen molar-refractivity contribution in [3.63, 3.8) is 0 Å². The van der Waals surface area contributed by atoms with E-state index in [1.165, 1.54) is 12.1 Å². The van der Waals surface area contributed by atoms with Crippen LogP contribution in [0.25, 0.3) is 0 Å². The lowest BCUT2D eigenvalue weighted by atomic mass is 10.2. The molecule has 0 saturated carbocycles. The van der Waals surface area contributed by atoms with Crippen LogP contribution in [0.4, 0.5) is 15.8 Å². The first kappa shape index (κ1) is 12.0. The highest BCUT2D eigenvalue weighted by molar-refractivity contribution is 5.61. The first-order chi connectivity index (χ1) is 8.56. The van der Waals surface area contributed by atoms with Crippen molar-refractivity contribution in [2.45, 2.75) is 6.54 Å². The topological polar surface area (TPSA) is 73.0 Å². The first-order valence-corrected chi connectivity index (χ1v) is 5.22. The van der Waals surface area contributed by atoms with E-state index in [2.05, 4.69) is 10.4 Å². The number of nitro groups is 1. The van der Waals surface area contributed by atoms with Crippen molar-refractivity contribution < 1.29 is 9.31 Å². The molecule has 0 atom stereocenters. The van der Waals surface area contributed by atoms with Crippen molar-refractivity contribution in [2.75, 3.05) is 5.32 Å². The van der Waals surface area contributed by atoms with Gasteiger partial charge in [-0.1, -0.05) is 0 Å². The van der Waals surface area contributed by atoms with Crippen LogP contribution in [0.1, 0.15) is 5.69 Å². The average Bonchev–Trinajstić information content (AvgIpc) is 2.73.